The van der Waals surface area contributed by atoms with Crippen LogP contribution in [0.5, 0.6) is 0 Å². The molecule has 4 heterocycles. The summed E-state index contributed by atoms with van der Waals surface area (Å²) in [5.41, 5.74) is 8.81. The van der Waals surface area contributed by atoms with Crippen molar-refractivity contribution in [3.63, 3.8) is 0 Å². The number of aryl methyl sites for hydroxylation is 2. The van der Waals surface area contributed by atoms with Crippen molar-refractivity contribution < 1.29 is 28.7 Å². The van der Waals surface area contributed by atoms with Gasteiger partial charge in [0.2, 0.25) is 11.8 Å². The number of ether oxygens (including phenoxy) is 2. The van der Waals surface area contributed by atoms with E-state index in [0.29, 0.717) is 13.1 Å². The van der Waals surface area contributed by atoms with Gasteiger partial charge in [0.05, 0.1) is 50.1 Å². The summed E-state index contributed by atoms with van der Waals surface area (Å²) in [6, 6.07) is 11.3. The smallest absolute Gasteiger partial charge is 0.407 e. The van der Waals surface area contributed by atoms with Gasteiger partial charge in [-0.25, -0.2) is 19.6 Å². The summed E-state index contributed by atoms with van der Waals surface area (Å²) in [6.07, 6.45) is 7.51. The Balaban J connectivity index is 1.05. The first kappa shape index (κ1) is 38.6. The Labute approximate surface area is 327 Å². The van der Waals surface area contributed by atoms with Crippen molar-refractivity contribution in [1.82, 2.24) is 40.4 Å². The third-order valence-electron chi connectivity index (χ3n) is 11.5. The molecule has 1 unspecified atom stereocenters. The number of carbonyl (C=O) groups is 4. The van der Waals surface area contributed by atoms with E-state index in [9.17, 15) is 19.2 Å². The lowest BCUT2D eigenvalue weighted by atomic mass is 9.83. The normalized spacial score (nSPS) is 18.7. The Hall–Kier alpha value is -5.66. The van der Waals surface area contributed by atoms with Crippen LogP contribution < -0.4 is 10.6 Å². The van der Waals surface area contributed by atoms with Gasteiger partial charge in [0, 0.05) is 13.1 Å². The topological polar surface area (TPSA) is 175 Å². The molecular weight excluding hydrogens is 713 g/mol. The number of nitrogens with one attached hydrogen (secondary N) is 4. The van der Waals surface area contributed by atoms with Crippen LogP contribution >= 0.6 is 0 Å². The highest BCUT2D eigenvalue weighted by atomic mass is 16.5. The first-order chi connectivity index (χ1) is 27.0. The minimum atomic E-state index is -0.684. The molecule has 14 heteroatoms. The summed E-state index contributed by atoms with van der Waals surface area (Å²) in [5, 5.41) is 5.42. The largest absolute Gasteiger partial charge is 0.453 e. The average Bonchev–Trinajstić information content (AvgIpc) is 4.04. The number of amides is 4. The zero-order valence-electron chi connectivity index (χ0n) is 33.0. The minimum absolute atomic E-state index is 0.102. The van der Waals surface area contributed by atoms with Gasteiger partial charge in [-0.15, -0.1) is 0 Å². The monoisotopic (exact) mass is 764 g/mol. The highest BCUT2D eigenvalue weighted by molar-refractivity contribution is 5.87. The molecule has 2 saturated heterocycles. The van der Waals surface area contributed by atoms with Crippen LogP contribution in [-0.4, -0.2) is 93.1 Å². The fourth-order valence-electron chi connectivity index (χ4n) is 8.42. The predicted molar refractivity (Wildman–Crippen MR) is 210 cm³/mol. The standard InChI is InChI=1S/C42H52N8O6/c1-23(2)35(47-41(53)55-5)39(51)49-17-7-9-33(49)37-43-21-31(45-37)27-13-15-29-25(19-27)11-12-26-20-28(14-16-30(26)29)32-22-44-38(46-32)34-10-8-18-50(34)40(52)36(24(3)4)48-42(54)56-6/h13-16,19-24,33-36H,7-12,17-18H2,1-6H3,(H,43,45)(H,44,46)(H,47,53)(H,48,54)/t33-,34-,35-,36?/m0/s1. The van der Waals surface area contributed by atoms with E-state index in [2.05, 4.69) is 57.0 Å². The Kier molecular flexibility index (Phi) is 11.2. The summed E-state index contributed by atoms with van der Waals surface area (Å²) in [4.78, 5) is 71.3. The number of benzene rings is 2. The fourth-order valence-corrected chi connectivity index (χ4v) is 8.42. The lowest BCUT2D eigenvalue weighted by Crippen LogP contribution is -2.51. The van der Waals surface area contributed by atoms with Crippen LogP contribution in [0.1, 0.15) is 88.2 Å². The molecular formula is C42H52N8O6. The van der Waals surface area contributed by atoms with Crippen LogP contribution in [0.2, 0.25) is 0 Å². The van der Waals surface area contributed by atoms with Crippen LogP contribution in [0.4, 0.5) is 9.59 Å². The molecule has 7 rings (SSSR count). The number of likely N-dealkylation sites (tertiary alicyclic amines) is 2. The molecule has 2 aromatic carbocycles. The summed E-state index contributed by atoms with van der Waals surface area (Å²) < 4.78 is 9.54. The molecule has 2 aliphatic heterocycles. The third-order valence-corrected chi connectivity index (χ3v) is 11.5. The maximum atomic E-state index is 13.6. The average molecular weight is 765 g/mol. The second-order valence-corrected chi connectivity index (χ2v) is 15.7. The Bertz CT molecular complexity index is 1960. The molecule has 0 saturated carbocycles. The van der Waals surface area contributed by atoms with Crippen LogP contribution in [0.3, 0.4) is 0 Å². The number of aromatic amines is 2. The second-order valence-electron chi connectivity index (χ2n) is 15.7. The van der Waals surface area contributed by atoms with E-state index in [-0.39, 0.29) is 35.7 Å². The van der Waals surface area contributed by atoms with Gasteiger partial charge in [0.1, 0.15) is 23.7 Å². The first-order valence-corrected chi connectivity index (χ1v) is 19.6. The van der Waals surface area contributed by atoms with E-state index in [1.54, 1.807) is 0 Å². The van der Waals surface area contributed by atoms with E-state index in [1.807, 2.05) is 49.9 Å². The number of nitrogens with zero attached hydrogens (tertiary/aromatic N) is 4. The summed E-state index contributed by atoms with van der Waals surface area (Å²) >= 11 is 0. The summed E-state index contributed by atoms with van der Waals surface area (Å²) in [7, 11) is 2.59. The summed E-state index contributed by atoms with van der Waals surface area (Å²) in [6.45, 7) is 8.83. The van der Waals surface area contributed by atoms with Crippen LogP contribution in [0, 0.1) is 11.8 Å². The van der Waals surface area contributed by atoms with Crippen molar-refractivity contribution in [1.29, 1.82) is 0 Å². The number of hydrogen-bond acceptors (Lipinski definition) is 8. The molecule has 4 aromatic rings. The zero-order chi connectivity index (χ0) is 39.7. The summed E-state index contributed by atoms with van der Waals surface area (Å²) in [5.74, 6) is 1.02. The Morgan fingerprint density at radius 2 is 1.09 bits per heavy atom. The number of imidazole rings is 2. The number of fused-ring (bicyclic) bond motifs is 3. The molecule has 14 nitrogen and oxygen atoms in total. The SMILES string of the molecule is COC(=O)NC(C(=O)N1CCC[C@H]1c1ncc(-c2ccc3c(c2)CCc2cc(-c4cnc([C@@H]5CCCN5C(=O)[C@@H](NC(=O)OC)C(C)C)[nH]4)ccc2-3)[nH]1)C(C)C. The van der Waals surface area contributed by atoms with Gasteiger partial charge in [-0.2, -0.15) is 0 Å². The lowest BCUT2D eigenvalue weighted by Gasteiger charge is -2.30. The highest BCUT2D eigenvalue weighted by Gasteiger charge is 2.39. The van der Waals surface area contributed by atoms with Gasteiger partial charge in [-0.1, -0.05) is 52.0 Å². The molecule has 0 bridgehead atoms. The maximum absolute atomic E-state index is 13.6. The van der Waals surface area contributed by atoms with Gasteiger partial charge >= 0.3 is 12.2 Å². The number of methoxy groups -OCH3 is 2. The van der Waals surface area contributed by atoms with Gasteiger partial charge in [0.25, 0.3) is 0 Å². The highest BCUT2D eigenvalue weighted by Crippen LogP contribution is 2.39. The van der Waals surface area contributed by atoms with Crippen molar-refractivity contribution in [2.75, 3.05) is 27.3 Å². The Morgan fingerprint density at radius 1 is 0.679 bits per heavy atom. The maximum Gasteiger partial charge on any atom is 0.407 e. The van der Waals surface area contributed by atoms with Crippen molar-refractivity contribution in [2.45, 2.75) is 90.4 Å². The van der Waals surface area contributed by atoms with E-state index < -0.39 is 24.3 Å². The first-order valence-electron chi connectivity index (χ1n) is 19.6. The van der Waals surface area contributed by atoms with E-state index in [1.165, 1.54) is 36.5 Å². The molecule has 0 radical (unpaired) electrons. The van der Waals surface area contributed by atoms with Gasteiger partial charge in [-0.05, 0) is 95.9 Å². The van der Waals surface area contributed by atoms with Gasteiger partial charge in [0.15, 0.2) is 0 Å². The minimum Gasteiger partial charge on any atom is -0.453 e. The van der Waals surface area contributed by atoms with E-state index >= 15 is 0 Å². The van der Waals surface area contributed by atoms with Gasteiger partial charge in [-0.3, -0.25) is 9.59 Å². The molecule has 2 fully saturated rings. The van der Waals surface area contributed by atoms with Crippen LogP contribution in [0.25, 0.3) is 33.6 Å². The number of H-pyrrole nitrogens is 2. The van der Waals surface area contributed by atoms with Crippen molar-refractivity contribution >= 4 is 24.0 Å². The van der Waals surface area contributed by atoms with Crippen LogP contribution in [0.15, 0.2) is 48.8 Å². The molecule has 2 aromatic heterocycles. The number of alkyl carbamates (subject to hydrolysis) is 2. The van der Waals surface area contributed by atoms with Crippen molar-refractivity contribution in [3.05, 3.63) is 71.6 Å². The lowest BCUT2D eigenvalue weighted by molar-refractivity contribution is -0.136. The molecule has 0 spiro atoms. The number of carbonyl (C=O) groups excluding carboxylic acids is 4. The number of hydrogen-bond donors (Lipinski definition) is 4. The zero-order valence-corrected chi connectivity index (χ0v) is 33.0. The quantitative estimate of drug-likeness (QED) is 0.145. The molecule has 296 valence electrons. The predicted octanol–water partition coefficient (Wildman–Crippen LogP) is 6.32. The molecule has 3 aliphatic rings. The van der Waals surface area contributed by atoms with E-state index in [0.717, 1.165) is 72.7 Å². The third kappa shape index (κ3) is 7.61. The van der Waals surface area contributed by atoms with Gasteiger partial charge < -0.3 is 39.9 Å². The molecule has 4 amide bonds. The molecule has 4 N–H and O–H groups in total. The van der Waals surface area contributed by atoms with E-state index in [4.69, 9.17) is 19.4 Å². The second kappa shape index (κ2) is 16.2. The Morgan fingerprint density at radius 3 is 1.46 bits per heavy atom. The molecule has 4 atom stereocenters. The van der Waals surface area contributed by atoms with Crippen LogP contribution in [-0.2, 0) is 31.9 Å². The number of aromatic nitrogens is 4. The fraction of sp³-hybridized carbons (Fsp3) is 0.476. The molecule has 1 aliphatic carbocycles. The molecule has 56 heavy (non-hydrogen) atoms. The van der Waals surface area contributed by atoms with Crippen molar-refractivity contribution in [2.24, 2.45) is 11.8 Å². The van der Waals surface area contributed by atoms with Crippen molar-refractivity contribution in [3.8, 4) is 33.6 Å². The number of rotatable bonds is 10.